The molecule has 5 N–H and O–H groups in total. The first-order valence-electron chi connectivity index (χ1n) is 4.84. The van der Waals surface area contributed by atoms with E-state index < -0.39 is 22.0 Å². The van der Waals surface area contributed by atoms with Crippen LogP contribution in [0.4, 0.5) is 0 Å². The van der Waals surface area contributed by atoms with E-state index >= 15 is 0 Å². The average molecular weight is 258 g/mol. The van der Waals surface area contributed by atoms with Crippen molar-refractivity contribution in [1.29, 1.82) is 0 Å². The Hall–Kier alpha value is -1.44. The van der Waals surface area contributed by atoms with Gasteiger partial charge < -0.3 is 10.8 Å². The zero-order chi connectivity index (χ0) is 13.1. The fraction of sp³-hybridized carbons (Fsp3) is 0.300. The lowest BCUT2D eigenvalue weighted by atomic mass is 10.1. The Labute approximate surface area is 99.3 Å². The van der Waals surface area contributed by atoms with Crippen molar-refractivity contribution >= 4 is 16.0 Å². The molecule has 6 nitrogen and oxygen atoms in total. The van der Waals surface area contributed by atoms with E-state index in [4.69, 9.17) is 16.0 Å². The molecule has 1 aromatic carbocycles. The van der Waals surface area contributed by atoms with Crippen LogP contribution in [0.3, 0.4) is 0 Å². The predicted molar refractivity (Wildman–Crippen MR) is 62.6 cm³/mol. The van der Waals surface area contributed by atoms with E-state index in [0.717, 1.165) is 5.56 Å². The zero-order valence-corrected chi connectivity index (χ0v) is 9.85. The molecule has 0 spiro atoms. The number of primary sulfonamides is 1. The van der Waals surface area contributed by atoms with Crippen molar-refractivity contribution in [1.82, 2.24) is 0 Å². The maximum absolute atomic E-state index is 10.8. The van der Waals surface area contributed by atoms with Crippen LogP contribution in [0.2, 0.25) is 0 Å². The number of rotatable bonds is 5. The van der Waals surface area contributed by atoms with Crippen molar-refractivity contribution in [2.24, 2.45) is 10.9 Å². The van der Waals surface area contributed by atoms with Crippen LogP contribution in [0.15, 0.2) is 24.3 Å². The maximum Gasteiger partial charge on any atom is 0.320 e. The Bertz CT molecular complexity index is 496. The van der Waals surface area contributed by atoms with Gasteiger partial charge in [0, 0.05) is 0 Å². The Kier molecular flexibility index (Phi) is 4.22. The lowest BCUT2D eigenvalue weighted by Gasteiger charge is -2.07. The first-order chi connectivity index (χ1) is 7.78. The van der Waals surface area contributed by atoms with E-state index in [2.05, 4.69) is 0 Å². The van der Waals surface area contributed by atoms with E-state index in [1.165, 1.54) is 0 Å². The molecule has 0 heterocycles. The lowest BCUT2D eigenvalue weighted by molar-refractivity contribution is -0.138. The third-order valence-electron chi connectivity index (χ3n) is 2.16. The van der Waals surface area contributed by atoms with Crippen LogP contribution >= 0.6 is 0 Å². The molecule has 0 aromatic heterocycles. The van der Waals surface area contributed by atoms with Crippen molar-refractivity contribution in [3.05, 3.63) is 35.4 Å². The van der Waals surface area contributed by atoms with Crippen LogP contribution in [-0.4, -0.2) is 25.5 Å². The van der Waals surface area contributed by atoms with E-state index in [9.17, 15) is 13.2 Å². The van der Waals surface area contributed by atoms with Gasteiger partial charge in [-0.1, -0.05) is 24.3 Å². The Morgan fingerprint density at radius 2 is 1.71 bits per heavy atom. The highest BCUT2D eigenvalue weighted by Crippen LogP contribution is 2.08. The second-order valence-electron chi connectivity index (χ2n) is 3.77. The van der Waals surface area contributed by atoms with E-state index in [1.807, 2.05) is 0 Å². The number of sulfonamides is 1. The largest absolute Gasteiger partial charge is 0.480 e. The van der Waals surface area contributed by atoms with Crippen molar-refractivity contribution in [3.63, 3.8) is 0 Å². The second kappa shape index (κ2) is 5.26. The summed E-state index contributed by atoms with van der Waals surface area (Å²) in [5.41, 5.74) is 6.66. The molecule has 7 heteroatoms. The van der Waals surface area contributed by atoms with Gasteiger partial charge in [-0.25, -0.2) is 13.6 Å². The van der Waals surface area contributed by atoms with Gasteiger partial charge in [-0.2, -0.15) is 0 Å². The topological polar surface area (TPSA) is 123 Å². The number of carbonyl (C=O) groups is 1. The quantitative estimate of drug-likeness (QED) is 0.652. The Morgan fingerprint density at radius 1 is 1.24 bits per heavy atom. The van der Waals surface area contributed by atoms with Gasteiger partial charge in [0.25, 0.3) is 0 Å². The minimum absolute atomic E-state index is 0.199. The molecule has 0 aliphatic heterocycles. The van der Waals surface area contributed by atoms with Crippen molar-refractivity contribution in [2.75, 3.05) is 0 Å². The predicted octanol–water partition coefficient (Wildman–Crippen LogP) is -0.570. The third-order valence-corrected chi connectivity index (χ3v) is 2.90. The molecule has 94 valence electrons. The summed E-state index contributed by atoms with van der Waals surface area (Å²) in [5.74, 6) is -1.31. The SMILES string of the molecule is NC(Cc1ccc(CS(N)(=O)=O)cc1)C(=O)O. The fourth-order valence-electron chi connectivity index (χ4n) is 1.35. The molecule has 1 atom stereocenters. The third kappa shape index (κ3) is 4.94. The van der Waals surface area contributed by atoms with Crippen LogP contribution < -0.4 is 10.9 Å². The summed E-state index contributed by atoms with van der Waals surface area (Å²) in [7, 11) is -3.55. The van der Waals surface area contributed by atoms with Gasteiger partial charge in [-0.05, 0) is 17.5 Å². The normalized spacial score (nSPS) is 13.3. The first-order valence-corrected chi connectivity index (χ1v) is 6.56. The summed E-state index contributed by atoms with van der Waals surface area (Å²) in [6, 6.07) is 5.51. The maximum atomic E-state index is 10.8. The molecule has 1 unspecified atom stereocenters. The standard InChI is InChI=1S/C10H14N2O4S/c11-9(10(13)14)5-7-1-3-8(4-2-7)6-17(12,15)16/h1-4,9H,5-6,11H2,(H,13,14)(H2,12,15,16). The number of carboxylic acids is 1. The molecule has 0 bridgehead atoms. The van der Waals surface area contributed by atoms with Crippen LogP contribution in [0.1, 0.15) is 11.1 Å². The van der Waals surface area contributed by atoms with Gasteiger partial charge >= 0.3 is 5.97 Å². The van der Waals surface area contributed by atoms with Gasteiger partial charge in [-0.15, -0.1) is 0 Å². The summed E-state index contributed by atoms with van der Waals surface area (Å²) in [5, 5.41) is 13.5. The number of hydrogen-bond donors (Lipinski definition) is 3. The van der Waals surface area contributed by atoms with Crippen LogP contribution in [0.25, 0.3) is 0 Å². The first kappa shape index (κ1) is 13.6. The van der Waals surface area contributed by atoms with Crippen molar-refractivity contribution in [2.45, 2.75) is 18.2 Å². The molecular weight excluding hydrogens is 244 g/mol. The summed E-state index contributed by atoms with van der Waals surface area (Å²) in [6.45, 7) is 0. The van der Waals surface area contributed by atoms with E-state index in [1.54, 1.807) is 24.3 Å². The van der Waals surface area contributed by atoms with Crippen molar-refractivity contribution in [3.8, 4) is 0 Å². The molecule has 0 saturated carbocycles. The van der Waals surface area contributed by atoms with Crippen LogP contribution in [0.5, 0.6) is 0 Å². The smallest absolute Gasteiger partial charge is 0.320 e. The Morgan fingerprint density at radius 3 is 2.12 bits per heavy atom. The summed E-state index contributed by atoms with van der Waals surface area (Å²) in [4.78, 5) is 10.5. The highest BCUT2D eigenvalue weighted by Gasteiger charge is 2.12. The van der Waals surface area contributed by atoms with Gasteiger partial charge in [0.2, 0.25) is 10.0 Å². The summed E-state index contributed by atoms with van der Waals surface area (Å²) in [6.07, 6.45) is 0.199. The molecule has 17 heavy (non-hydrogen) atoms. The molecule has 0 aliphatic carbocycles. The van der Waals surface area contributed by atoms with Gasteiger partial charge in [-0.3, -0.25) is 4.79 Å². The molecule has 0 fully saturated rings. The highest BCUT2D eigenvalue weighted by molar-refractivity contribution is 7.88. The molecule has 1 aromatic rings. The fourth-order valence-corrected chi connectivity index (χ4v) is 2.00. The zero-order valence-electron chi connectivity index (χ0n) is 9.04. The number of benzene rings is 1. The summed E-state index contributed by atoms with van der Waals surface area (Å²) >= 11 is 0. The lowest BCUT2D eigenvalue weighted by Crippen LogP contribution is -2.32. The number of aliphatic carboxylic acids is 1. The second-order valence-corrected chi connectivity index (χ2v) is 5.39. The van der Waals surface area contributed by atoms with E-state index in [0.29, 0.717) is 5.56 Å². The van der Waals surface area contributed by atoms with Gasteiger partial charge in [0.15, 0.2) is 0 Å². The molecule has 0 radical (unpaired) electrons. The van der Waals surface area contributed by atoms with Crippen LogP contribution in [0, 0.1) is 0 Å². The Balaban J connectivity index is 2.72. The molecule has 1 rings (SSSR count). The minimum Gasteiger partial charge on any atom is -0.480 e. The van der Waals surface area contributed by atoms with Crippen molar-refractivity contribution < 1.29 is 18.3 Å². The molecule has 0 amide bonds. The number of hydrogen-bond acceptors (Lipinski definition) is 4. The number of nitrogens with two attached hydrogens (primary N) is 2. The molecule has 0 aliphatic rings. The average Bonchev–Trinajstić information content (AvgIpc) is 2.18. The number of carboxylic acid groups (broad SMARTS) is 1. The highest BCUT2D eigenvalue weighted by atomic mass is 32.2. The van der Waals surface area contributed by atoms with Gasteiger partial charge in [0.1, 0.15) is 6.04 Å². The van der Waals surface area contributed by atoms with Gasteiger partial charge in [0.05, 0.1) is 5.75 Å². The van der Waals surface area contributed by atoms with E-state index in [-0.39, 0.29) is 12.2 Å². The van der Waals surface area contributed by atoms with Crippen LogP contribution in [-0.2, 0) is 27.0 Å². The monoisotopic (exact) mass is 258 g/mol. The summed E-state index contributed by atoms with van der Waals surface area (Å²) < 4.78 is 21.7. The minimum atomic E-state index is -3.55. The molecular formula is C10H14N2O4S. The molecule has 0 saturated heterocycles.